The van der Waals surface area contributed by atoms with E-state index in [2.05, 4.69) is 131 Å². The molecule has 250 valence electrons. The second-order valence-corrected chi connectivity index (χ2v) is 16.0. The molecule has 0 aliphatic heterocycles. The first-order chi connectivity index (χ1) is 20.0. The van der Waals surface area contributed by atoms with Crippen LogP contribution in [0.2, 0.25) is 0 Å². The Kier molecular flexibility index (Phi) is 11.9. The van der Waals surface area contributed by atoms with Crippen molar-refractivity contribution in [2.75, 3.05) is 0 Å². The summed E-state index contributed by atoms with van der Waals surface area (Å²) in [6, 6.07) is 24.8. The number of ether oxygens (including phenoxy) is 1. The molecule has 3 rings (SSSR count). The van der Waals surface area contributed by atoms with Gasteiger partial charge in [-0.15, -0.1) is 0 Å². The van der Waals surface area contributed by atoms with Crippen molar-refractivity contribution in [1.82, 2.24) is 0 Å². The SMILES string of the molecule is CC(C)(C)c1ccc(-c2cccc([IH+])c2-c2ccc(C(C)(C)C)cc2)cc1.O=S(=O)([O-])C(F)(F)C(F)(F)OC(F)(F)C(F)(F)I. The largest absolute Gasteiger partial charge is 0.743 e. The third-order valence-electron chi connectivity index (χ3n) is 6.37. The second kappa shape index (κ2) is 13.5. The summed E-state index contributed by atoms with van der Waals surface area (Å²) in [5.74, 6) is 0. The van der Waals surface area contributed by atoms with Gasteiger partial charge in [0.1, 0.15) is 0 Å². The standard InChI is InChI=1S/C26H30I.C4HF8IO4S/c1-25(2,3)20-14-10-18(11-15-20)22-8-7-9-23(27)24(22)19-12-16-21(17-13-19)26(4,5)6;5-1(6,13)2(7,8)17-3(9,10)4(11,12)18(14,15)16/h7-17,27H,1-6H3;(H,14,15,16)/q+1;/p-1. The molecule has 0 spiro atoms. The molecule has 0 bridgehead atoms. The van der Waals surface area contributed by atoms with E-state index in [4.69, 9.17) is 0 Å². The first-order valence-electron chi connectivity index (χ1n) is 12.9. The molecule has 4 nitrogen and oxygen atoms in total. The number of halogens is 10. The predicted molar refractivity (Wildman–Crippen MR) is 159 cm³/mol. The van der Waals surface area contributed by atoms with Crippen molar-refractivity contribution in [3.8, 4) is 22.3 Å². The molecule has 0 saturated carbocycles. The van der Waals surface area contributed by atoms with Gasteiger partial charge in [-0.05, 0) is 44.7 Å². The average Bonchev–Trinajstić information content (AvgIpc) is 2.86. The van der Waals surface area contributed by atoms with Crippen molar-refractivity contribution >= 4 is 32.7 Å². The lowest BCUT2D eigenvalue weighted by molar-refractivity contribution is -0.438. The van der Waals surface area contributed by atoms with E-state index in [0.717, 1.165) is 0 Å². The average molecular weight is 892 g/mol. The summed E-state index contributed by atoms with van der Waals surface area (Å²) in [6.07, 6.45) is -12.8. The van der Waals surface area contributed by atoms with Crippen LogP contribution in [0.1, 0.15) is 52.7 Å². The van der Waals surface area contributed by atoms with E-state index in [-0.39, 0.29) is 10.8 Å². The first kappa shape index (κ1) is 39.6. The fourth-order valence-electron chi connectivity index (χ4n) is 3.78. The van der Waals surface area contributed by atoms with Crippen LogP contribution in [0.4, 0.5) is 35.1 Å². The highest BCUT2D eigenvalue weighted by Crippen LogP contribution is 2.48. The van der Waals surface area contributed by atoms with Crippen molar-refractivity contribution in [3.05, 3.63) is 81.4 Å². The van der Waals surface area contributed by atoms with Crippen molar-refractivity contribution in [2.24, 2.45) is 0 Å². The third kappa shape index (κ3) is 9.50. The van der Waals surface area contributed by atoms with Gasteiger partial charge in [0.15, 0.2) is 13.7 Å². The Morgan fingerprint density at radius 1 is 0.667 bits per heavy atom. The van der Waals surface area contributed by atoms with Gasteiger partial charge in [-0.3, -0.25) is 0 Å². The Balaban J connectivity index is 0.000000344. The summed E-state index contributed by atoms with van der Waals surface area (Å²) >= 11 is 1.72. The maximum absolute atomic E-state index is 12.4. The number of hydrogen-bond acceptors (Lipinski definition) is 4. The van der Waals surface area contributed by atoms with Crippen LogP contribution in [0.25, 0.3) is 22.3 Å². The lowest BCUT2D eigenvalue weighted by Gasteiger charge is -2.31. The molecule has 0 atom stereocenters. The zero-order valence-corrected chi connectivity index (χ0v) is 30.0. The highest BCUT2D eigenvalue weighted by atomic mass is 127. The molecule has 0 radical (unpaired) electrons. The molecule has 0 N–H and O–H groups in total. The summed E-state index contributed by atoms with van der Waals surface area (Å²) in [4.78, 5) is 0. The molecule has 0 aliphatic carbocycles. The topological polar surface area (TPSA) is 66.4 Å². The third-order valence-corrected chi connectivity index (χ3v) is 8.83. The lowest BCUT2D eigenvalue weighted by Crippen LogP contribution is -3.34. The van der Waals surface area contributed by atoms with E-state index < -0.39 is 54.1 Å². The Bertz CT molecular complexity index is 1580. The Morgan fingerprint density at radius 2 is 1.07 bits per heavy atom. The lowest BCUT2D eigenvalue weighted by atomic mass is 9.84. The maximum Gasteiger partial charge on any atom is 0.438 e. The summed E-state index contributed by atoms with van der Waals surface area (Å²) in [7, 11) is -7.12. The van der Waals surface area contributed by atoms with Crippen LogP contribution in [0.3, 0.4) is 0 Å². The smallest absolute Gasteiger partial charge is 0.438 e. The fourth-order valence-corrected chi connectivity index (χ4v) is 5.10. The summed E-state index contributed by atoms with van der Waals surface area (Å²) < 4.78 is 125. The van der Waals surface area contributed by atoms with Gasteiger partial charge in [-0.1, -0.05) is 102 Å². The minimum absolute atomic E-state index is 0.177. The summed E-state index contributed by atoms with van der Waals surface area (Å²) in [5, 5.41) is -6.65. The van der Waals surface area contributed by atoms with Crippen LogP contribution >= 0.6 is 22.6 Å². The van der Waals surface area contributed by atoms with Crippen LogP contribution in [0.5, 0.6) is 0 Å². The zero-order chi connectivity index (χ0) is 35.0. The Hall–Kier alpha value is -1.57. The Labute approximate surface area is 284 Å². The molecule has 0 saturated heterocycles. The van der Waals surface area contributed by atoms with Crippen molar-refractivity contribution in [1.29, 1.82) is 0 Å². The van der Waals surface area contributed by atoms with E-state index in [0.29, 0.717) is 0 Å². The minimum Gasteiger partial charge on any atom is -0.743 e. The molecule has 0 heterocycles. The van der Waals surface area contributed by atoms with Gasteiger partial charge in [-0.2, -0.15) is 35.1 Å². The molecule has 0 amide bonds. The number of hydrogen-bond donors (Lipinski definition) is 0. The van der Waals surface area contributed by atoms with E-state index in [9.17, 15) is 48.1 Å². The first-order valence-corrected chi connectivity index (χ1v) is 16.6. The molecule has 0 aromatic heterocycles. The van der Waals surface area contributed by atoms with E-state index in [1.165, 1.54) is 37.0 Å². The van der Waals surface area contributed by atoms with Crippen LogP contribution in [-0.2, 0) is 25.7 Å². The van der Waals surface area contributed by atoms with Crippen molar-refractivity contribution in [3.63, 3.8) is 0 Å². The van der Waals surface area contributed by atoms with Crippen LogP contribution in [-0.4, -0.2) is 34.4 Å². The number of alkyl halides is 9. The highest BCUT2D eigenvalue weighted by Gasteiger charge is 2.71. The van der Waals surface area contributed by atoms with Gasteiger partial charge >= 0.3 is 21.4 Å². The Morgan fingerprint density at radius 3 is 1.42 bits per heavy atom. The molecular formula is C30H30F8I2O4S. The quantitative estimate of drug-likeness (QED) is 0.119. The van der Waals surface area contributed by atoms with Gasteiger partial charge < -0.3 is 4.55 Å². The second-order valence-electron chi connectivity index (χ2n) is 11.9. The number of benzene rings is 3. The van der Waals surface area contributed by atoms with E-state index in [1.54, 1.807) is 0 Å². The molecule has 3 aromatic carbocycles. The predicted octanol–water partition coefficient (Wildman–Crippen LogP) is 6.43. The fraction of sp³-hybridized carbons (Fsp3) is 0.400. The van der Waals surface area contributed by atoms with Gasteiger partial charge in [0.05, 0.1) is 0 Å². The van der Waals surface area contributed by atoms with Crippen LogP contribution in [0.15, 0.2) is 66.7 Å². The molecule has 45 heavy (non-hydrogen) atoms. The highest BCUT2D eigenvalue weighted by molar-refractivity contribution is 14.1. The van der Waals surface area contributed by atoms with Crippen molar-refractivity contribution in [2.45, 2.75) is 73.8 Å². The van der Waals surface area contributed by atoms with Crippen LogP contribution in [0, 0.1) is 3.57 Å². The van der Waals surface area contributed by atoms with Gasteiger partial charge in [-0.25, -0.2) is 13.2 Å². The van der Waals surface area contributed by atoms with Gasteiger partial charge in [0.25, 0.3) is 22.6 Å². The monoisotopic (exact) mass is 892 g/mol. The zero-order valence-electron chi connectivity index (χ0n) is 24.7. The summed E-state index contributed by atoms with van der Waals surface area (Å²) in [5.41, 5.74) is 8.32. The van der Waals surface area contributed by atoms with Crippen molar-refractivity contribution < 1.29 is 75.4 Å². The van der Waals surface area contributed by atoms with Crippen LogP contribution < -0.4 is 22.6 Å². The maximum atomic E-state index is 12.4. The number of rotatable bonds is 7. The molecule has 0 fully saturated rings. The van der Waals surface area contributed by atoms with Gasteiger partial charge in [0, 0.05) is 28.2 Å². The van der Waals surface area contributed by atoms with E-state index in [1.807, 2.05) is 4.74 Å². The minimum atomic E-state index is -7.12. The van der Waals surface area contributed by atoms with E-state index >= 15 is 0 Å². The molecule has 0 unspecified atom stereocenters. The summed E-state index contributed by atoms with van der Waals surface area (Å²) in [6.45, 7) is 13.6. The molecular weight excluding hydrogens is 862 g/mol. The molecule has 15 heteroatoms. The molecule has 3 aromatic rings. The molecule has 0 aliphatic rings. The van der Waals surface area contributed by atoms with Gasteiger partial charge in [0.2, 0.25) is 0 Å². The normalized spacial score (nSPS) is 13.7.